The summed E-state index contributed by atoms with van der Waals surface area (Å²) >= 11 is 0. The molecule has 1 aliphatic heterocycles. The first-order chi connectivity index (χ1) is 12.1. The van der Waals surface area contributed by atoms with Crippen LogP contribution in [0.3, 0.4) is 0 Å². The molecule has 136 valence electrons. The second-order valence-corrected chi connectivity index (χ2v) is 7.03. The van der Waals surface area contributed by atoms with Gasteiger partial charge in [-0.25, -0.2) is 14.9 Å². The number of aromatic nitrogens is 4. The molecule has 7 nitrogen and oxygen atoms in total. The highest BCUT2D eigenvalue weighted by molar-refractivity contribution is 5.37. The first-order valence-corrected chi connectivity index (χ1v) is 9.05. The van der Waals surface area contributed by atoms with Gasteiger partial charge in [-0.2, -0.15) is 5.10 Å². The molecule has 0 aliphatic carbocycles. The molecule has 25 heavy (non-hydrogen) atoms. The van der Waals surface area contributed by atoms with Crippen molar-refractivity contribution in [3.63, 3.8) is 0 Å². The molecule has 2 aromatic heterocycles. The Labute approximate surface area is 148 Å². The quantitative estimate of drug-likeness (QED) is 0.860. The van der Waals surface area contributed by atoms with Crippen molar-refractivity contribution in [3.05, 3.63) is 40.2 Å². The van der Waals surface area contributed by atoms with Crippen LogP contribution < -0.4 is 10.6 Å². The summed E-state index contributed by atoms with van der Waals surface area (Å²) in [6.07, 6.45) is 5.16. The zero-order chi connectivity index (χ0) is 17.8. The fourth-order valence-corrected chi connectivity index (χ4v) is 3.47. The number of hydrogen-bond donors (Lipinski definition) is 1. The van der Waals surface area contributed by atoms with E-state index in [1.165, 1.54) is 5.56 Å². The summed E-state index contributed by atoms with van der Waals surface area (Å²) < 4.78 is 1.74. The summed E-state index contributed by atoms with van der Waals surface area (Å²) in [5.41, 5.74) is 1.17. The molecule has 0 atom stereocenters. The molecule has 0 saturated carbocycles. The van der Waals surface area contributed by atoms with Gasteiger partial charge in [0.2, 0.25) is 0 Å². The molecule has 3 rings (SSSR count). The zero-order valence-corrected chi connectivity index (χ0v) is 15.4. The van der Waals surface area contributed by atoms with Crippen LogP contribution in [0.1, 0.15) is 31.2 Å². The smallest absolute Gasteiger partial charge is 0.343 e. The van der Waals surface area contributed by atoms with Gasteiger partial charge < -0.3 is 4.90 Å². The van der Waals surface area contributed by atoms with Gasteiger partial charge in [-0.1, -0.05) is 6.07 Å². The minimum atomic E-state index is -0.0939. The second-order valence-electron chi connectivity index (χ2n) is 7.03. The van der Waals surface area contributed by atoms with Crippen LogP contribution >= 0.6 is 0 Å². The van der Waals surface area contributed by atoms with Gasteiger partial charge >= 0.3 is 5.69 Å². The summed E-state index contributed by atoms with van der Waals surface area (Å²) in [6.45, 7) is 5.79. The average molecular weight is 344 g/mol. The number of H-pyrrole nitrogens is 1. The summed E-state index contributed by atoms with van der Waals surface area (Å²) in [6, 6.07) is 4.24. The molecule has 0 radical (unpaired) electrons. The van der Waals surface area contributed by atoms with Gasteiger partial charge in [0.25, 0.3) is 0 Å². The van der Waals surface area contributed by atoms with E-state index in [0.717, 1.165) is 50.5 Å². The number of anilines is 1. The van der Waals surface area contributed by atoms with E-state index in [9.17, 15) is 4.79 Å². The molecule has 2 aromatic rings. The maximum atomic E-state index is 11.7. The third-order valence-electron chi connectivity index (χ3n) is 5.01. The molecule has 0 aromatic carbocycles. The monoisotopic (exact) mass is 344 g/mol. The van der Waals surface area contributed by atoms with Gasteiger partial charge in [-0.15, -0.1) is 0 Å². The first-order valence-electron chi connectivity index (χ1n) is 9.05. The Bertz CT molecular complexity index is 725. The molecule has 1 saturated heterocycles. The van der Waals surface area contributed by atoms with E-state index in [0.29, 0.717) is 12.5 Å². The number of pyridine rings is 1. The molecule has 0 spiro atoms. The van der Waals surface area contributed by atoms with Crippen LogP contribution in [0.4, 0.5) is 5.82 Å². The predicted molar refractivity (Wildman–Crippen MR) is 98.8 cm³/mol. The van der Waals surface area contributed by atoms with Gasteiger partial charge in [-0.3, -0.25) is 9.47 Å². The highest BCUT2D eigenvalue weighted by Gasteiger charge is 2.21. The lowest BCUT2D eigenvalue weighted by molar-refractivity contribution is 0.175. The molecule has 0 amide bonds. The minimum absolute atomic E-state index is 0.0939. The van der Waals surface area contributed by atoms with Crippen molar-refractivity contribution in [2.75, 3.05) is 32.1 Å². The van der Waals surface area contributed by atoms with Crippen molar-refractivity contribution in [1.82, 2.24) is 24.6 Å². The van der Waals surface area contributed by atoms with Crippen LogP contribution in [0, 0.1) is 5.92 Å². The van der Waals surface area contributed by atoms with Crippen LogP contribution in [0.5, 0.6) is 0 Å². The Kier molecular flexibility index (Phi) is 5.53. The standard InChI is InChI=1S/C18H28N6O/c1-4-24-17(20-21-18(24)25)11-14-7-9-23(10-8-14)13-15-5-6-16(19-12-15)22(2)3/h5-6,12,14H,4,7-11,13H2,1-3H3,(H,21,25). The fourth-order valence-electron chi connectivity index (χ4n) is 3.47. The van der Waals surface area contributed by atoms with Crippen LogP contribution in [-0.4, -0.2) is 51.8 Å². The van der Waals surface area contributed by atoms with Gasteiger partial charge in [-0.05, 0) is 50.4 Å². The molecular formula is C18H28N6O. The Morgan fingerprint density at radius 2 is 2.04 bits per heavy atom. The molecule has 1 aliphatic rings. The predicted octanol–water partition coefficient (Wildman–Crippen LogP) is 1.51. The van der Waals surface area contributed by atoms with Crippen molar-refractivity contribution in [2.24, 2.45) is 5.92 Å². The summed E-state index contributed by atoms with van der Waals surface area (Å²) in [5, 5.41) is 6.76. The molecule has 7 heteroatoms. The molecular weight excluding hydrogens is 316 g/mol. The number of likely N-dealkylation sites (tertiary alicyclic amines) is 1. The van der Waals surface area contributed by atoms with E-state index in [-0.39, 0.29) is 5.69 Å². The van der Waals surface area contributed by atoms with E-state index in [1.54, 1.807) is 4.57 Å². The molecule has 1 N–H and O–H groups in total. The highest BCUT2D eigenvalue weighted by atomic mass is 16.1. The normalized spacial score (nSPS) is 16.3. The molecule has 1 fully saturated rings. The molecule has 3 heterocycles. The zero-order valence-electron chi connectivity index (χ0n) is 15.4. The van der Waals surface area contributed by atoms with Crippen molar-refractivity contribution in [1.29, 1.82) is 0 Å². The second kappa shape index (κ2) is 7.82. The summed E-state index contributed by atoms with van der Waals surface area (Å²) in [5.74, 6) is 2.49. The van der Waals surface area contributed by atoms with Gasteiger partial charge in [0.1, 0.15) is 11.6 Å². The molecule has 0 unspecified atom stereocenters. The Morgan fingerprint density at radius 3 is 2.64 bits per heavy atom. The van der Waals surface area contributed by atoms with Crippen LogP contribution in [0.15, 0.2) is 23.1 Å². The van der Waals surface area contributed by atoms with Gasteiger partial charge in [0.05, 0.1) is 0 Å². The number of hydrogen-bond acceptors (Lipinski definition) is 5. The molecule has 0 bridgehead atoms. The number of aromatic amines is 1. The van der Waals surface area contributed by atoms with Crippen molar-refractivity contribution < 1.29 is 0 Å². The minimum Gasteiger partial charge on any atom is -0.363 e. The number of piperidine rings is 1. The third-order valence-corrected chi connectivity index (χ3v) is 5.01. The lowest BCUT2D eigenvalue weighted by Gasteiger charge is -2.31. The first kappa shape index (κ1) is 17.7. The lowest BCUT2D eigenvalue weighted by atomic mass is 9.93. The van der Waals surface area contributed by atoms with Crippen LogP contribution in [0.2, 0.25) is 0 Å². The van der Waals surface area contributed by atoms with Crippen molar-refractivity contribution in [2.45, 2.75) is 39.3 Å². The third kappa shape index (κ3) is 4.28. The van der Waals surface area contributed by atoms with E-state index < -0.39 is 0 Å². The van der Waals surface area contributed by atoms with Gasteiger partial charge in [0, 0.05) is 39.8 Å². The fraction of sp³-hybridized carbons (Fsp3) is 0.611. The van der Waals surface area contributed by atoms with E-state index in [2.05, 4.69) is 32.2 Å². The maximum Gasteiger partial charge on any atom is 0.343 e. The number of nitrogens with one attached hydrogen (secondary N) is 1. The summed E-state index contributed by atoms with van der Waals surface area (Å²) in [4.78, 5) is 20.7. The largest absolute Gasteiger partial charge is 0.363 e. The van der Waals surface area contributed by atoms with E-state index >= 15 is 0 Å². The summed E-state index contributed by atoms with van der Waals surface area (Å²) in [7, 11) is 4.01. The average Bonchev–Trinajstić information content (AvgIpc) is 2.96. The van der Waals surface area contributed by atoms with E-state index in [1.807, 2.05) is 32.1 Å². The number of nitrogens with zero attached hydrogens (tertiary/aromatic N) is 5. The van der Waals surface area contributed by atoms with Crippen LogP contribution in [0.25, 0.3) is 0 Å². The van der Waals surface area contributed by atoms with Crippen LogP contribution in [-0.2, 0) is 19.5 Å². The topological polar surface area (TPSA) is 70.0 Å². The Hall–Kier alpha value is -2.15. The number of rotatable bonds is 6. The SMILES string of the molecule is CCn1c(CC2CCN(Cc3ccc(N(C)C)nc3)CC2)n[nH]c1=O. The lowest BCUT2D eigenvalue weighted by Crippen LogP contribution is -2.34. The van der Waals surface area contributed by atoms with Crippen molar-refractivity contribution in [3.8, 4) is 0 Å². The maximum absolute atomic E-state index is 11.7. The van der Waals surface area contributed by atoms with Crippen molar-refractivity contribution >= 4 is 5.82 Å². The Morgan fingerprint density at radius 1 is 1.28 bits per heavy atom. The highest BCUT2D eigenvalue weighted by Crippen LogP contribution is 2.22. The Balaban J connectivity index is 1.50. The van der Waals surface area contributed by atoms with E-state index in [4.69, 9.17) is 0 Å². The van der Waals surface area contributed by atoms with Gasteiger partial charge in [0.15, 0.2) is 0 Å².